The summed E-state index contributed by atoms with van der Waals surface area (Å²) >= 11 is 0.739. The summed E-state index contributed by atoms with van der Waals surface area (Å²) in [7, 11) is 2.17. The largest absolute Gasteiger partial charge is 0.477 e. The number of aryl methyl sites for hydroxylation is 1. The molecule has 2 unspecified atom stereocenters. The molecule has 9 nitrogen and oxygen atoms in total. The van der Waals surface area contributed by atoms with Gasteiger partial charge in [0, 0.05) is 37.3 Å². The van der Waals surface area contributed by atoms with Crippen molar-refractivity contribution in [2.75, 3.05) is 38.5 Å². The first-order chi connectivity index (χ1) is 16.7. The molecule has 2 atom stereocenters. The molecule has 4 rings (SSSR count). The minimum absolute atomic E-state index is 0.00206. The number of nitrogens with zero attached hydrogens (tertiary/aromatic N) is 3. The number of aromatic carboxylic acids is 1. The Balaban J connectivity index is 1.24. The van der Waals surface area contributed by atoms with E-state index in [4.69, 9.17) is 4.74 Å². The quantitative estimate of drug-likeness (QED) is 0.422. The normalized spacial score (nSPS) is 19.8. The highest BCUT2D eigenvalue weighted by Gasteiger charge is 2.40. The van der Waals surface area contributed by atoms with Crippen LogP contribution >= 0.6 is 11.5 Å². The molecule has 2 bridgehead atoms. The number of unbranched alkanes of at least 4 members (excludes halogenated alkanes) is 1. The predicted octanol–water partition coefficient (Wildman–Crippen LogP) is 3.30. The van der Waals surface area contributed by atoms with Crippen molar-refractivity contribution in [3.8, 4) is 5.88 Å². The van der Waals surface area contributed by atoms with Gasteiger partial charge in [-0.15, -0.1) is 0 Å². The van der Waals surface area contributed by atoms with Crippen LogP contribution in [-0.4, -0.2) is 76.6 Å². The van der Waals surface area contributed by atoms with E-state index in [0.717, 1.165) is 56.1 Å². The van der Waals surface area contributed by atoms with Crippen molar-refractivity contribution in [1.29, 1.82) is 0 Å². The van der Waals surface area contributed by atoms with Crippen molar-refractivity contribution in [2.24, 2.45) is 0 Å². The lowest BCUT2D eigenvalue weighted by Crippen LogP contribution is -2.44. The highest BCUT2D eigenvalue weighted by molar-refractivity contribution is 7.11. The fraction of sp³-hybridized carbons (Fsp3) is 0.522. The van der Waals surface area contributed by atoms with Crippen LogP contribution in [0, 0.1) is 18.6 Å². The Bertz CT molecular complexity index is 1100. The molecule has 3 N–H and O–H groups in total. The maximum atomic E-state index is 14.0. The van der Waals surface area contributed by atoms with Gasteiger partial charge < -0.3 is 20.1 Å². The van der Waals surface area contributed by atoms with Crippen molar-refractivity contribution in [1.82, 2.24) is 19.5 Å². The van der Waals surface area contributed by atoms with Gasteiger partial charge in [0.2, 0.25) is 5.88 Å². The average molecular weight is 510 g/mol. The summed E-state index contributed by atoms with van der Waals surface area (Å²) in [6, 6.07) is 2.79. The van der Waals surface area contributed by atoms with Gasteiger partial charge in [-0.3, -0.25) is 10.2 Å². The summed E-state index contributed by atoms with van der Waals surface area (Å²) in [6.07, 6.45) is 3.00. The fourth-order valence-corrected chi connectivity index (χ4v) is 5.33. The smallest absolute Gasteiger partial charge is 0.344 e. The van der Waals surface area contributed by atoms with Gasteiger partial charge >= 0.3 is 12.0 Å². The Morgan fingerprint density at radius 1 is 1.23 bits per heavy atom. The molecule has 35 heavy (non-hydrogen) atoms. The highest BCUT2D eigenvalue weighted by atomic mass is 32.1. The number of anilines is 1. The third kappa shape index (κ3) is 5.88. The minimum Gasteiger partial charge on any atom is -0.477 e. The molecule has 2 aliphatic rings. The van der Waals surface area contributed by atoms with Crippen LogP contribution in [-0.2, 0) is 6.61 Å². The molecular formula is C23H29F2N5O4S. The van der Waals surface area contributed by atoms with Gasteiger partial charge in [0.25, 0.3) is 0 Å². The topological polar surface area (TPSA) is 107 Å². The van der Waals surface area contributed by atoms with Crippen molar-refractivity contribution in [3.63, 3.8) is 0 Å². The second-order valence-electron chi connectivity index (χ2n) is 9.04. The van der Waals surface area contributed by atoms with Crippen molar-refractivity contribution in [3.05, 3.63) is 40.5 Å². The molecule has 2 aromatic rings. The molecule has 0 radical (unpaired) electrons. The Kier molecular flexibility index (Phi) is 7.82. The zero-order valence-electron chi connectivity index (χ0n) is 19.6. The molecule has 2 amide bonds. The van der Waals surface area contributed by atoms with E-state index in [1.165, 1.54) is 13.3 Å². The second kappa shape index (κ2) is 10.8. The number of urea groups is 1. The number of fused-ring (bicyclic) bond motifs is 2. The Morgan fingerprint density at radius 3 is 2.71 bits per heavy atom. The molecule has 3 heterocycles. The molecule has 0 aliphatic carbocycles. The molecular weight excluding hydrogens is 480 g/mol. The third-order valence-electron chi connectivity index (χ3n) is 6.58. The summed E-state index contributed by atoms with van der Waals surface area (Å²) < 4.78 is 37.0. The number of carboxylic acids is 1. The van der Waals surface area contributed by atoms with E-state index in [0.29, 0.717) is 18.6 Å². The monoisotopic (exact) mass is 509 g/mol. The second-order valence-corrected chi connectivity index (χ2v) is 9.82. The number of hydrogen-bond donors (Lipinski definition) is 3. The lowest BCUT2D eigenvalue weighted by Gasteiger charge is -2.31. The van der Waals surface area contributed by atoms with E-state index in [2.05, 4.69) is 31.9 Å². The van der Waals surface area contributed by atoms with Crippen LogP contribution in [0.1, 0.15) is 40.7 Å². The number of amides is 2. The maximum Gasteiger partial charge on any atom is 0.344 e. The van der Waals surface area contributed by atoms with Gasteiger partial charge in [-0.05, 0) is 69.0 Å². The number of nitrogens with one attached hydrogen (secondary N) is 2. The number of benzene rings is 1. The van der Waals surface area contributed by atoms with E-state index in [-0.39, 0.29) is 27.6 Å². The van der Waals surface area contributed by atoms with Crippen LogP contribution in [0.4, 0.5) is 18.6 Å². The van der Waals surface area contributed by atoms with Gasteiger partial charge in [0.15, 0.2) is 5.56 Å². The fourth-order valence-electron chi connectivity index (χ4n) is 4.60. The van der Waals surface area contributed by atoms with Gasteiger partial charge in [0.05, 0.1) is 0 Å². The molecule has 2 aliphatic heterocycles. The predicted molar refractivity (Wildman–Crippen MR) is 127 cm³/mol. The van der Waals surface area contributed by atoms with E-state index >= 15 is 0 Å². The molecule has 12 heteroatoms. The van der Waals surface area contributed by atoms with Crippen LogP contribution in [0.15, 0.2) is 12.1 Å². The van der Waals surface area contributed by atoms with Gasteiger partial charge in [0.1, 0.15) is 23.2 Å². The zero-order valence-corrected chi connectivity index (χ0v) is 20.5. The molecule has 0 saturated carbocycles. The number of likely N-dealkylation sites (N-methyl/N-ethyl adjacent to an activating group) is 1. The SMILES string of the molecule is Cc1cc(F)c(COc2nsc(NC(=O)NCCCCN3CC4CC3CN4C)c2C(=O)O)cc1F. The standard InChI is InChI=1S/C23H29F2N5O4S/c1-13-7-18(25)14(8-17(13)24)12-34-20-19(22(31)32)21(35-28-20)27-23(33)26-5-3-4-6-30-11-15-9-16(30)10-29(15)2/h7-8,15-16H,3-6,9-12H2,1-2H3,(H,31,32)(H2,26,27,33). The van der Waals surface area contributed by atoms with Crippen LogP contribution in [0.2, 0.25) is 0 Å². The number of ether oxygens (including phenoxy) is 1. The number of carboxylic acid groups (broad SMARTS) is 1. The summed E-state index contributed by atoms with van der Waals surface area (Å²) in [5, 5.41) is 14.8. The summed E-state index contributed by atoms with van der Waals surface area (Å²) in [5.41, 5.74) is -0.259. The first kappa shape index (κ1) is 25.3. The highest BCUT2D eigenvalue weighted by Crippen LogP contribution is 2.32. The molecule has 1 aromatic carbocycles. The average Bonchev–Trinajstić information content (AvgIpc) is 3.49. The summed E-state index contributed by atoms with van der Waals surface area (Å²) in [5.74, 6) is -2.90. The first-order valence-electron chi connectivity index (χ1n) is 11.5. The molecule has 2 saturated heterocycles. The lowest BCUT2D eigenvalue weighted by molar-refractivity contribution is 0.0693. The number of carbonyl (C=O) groups excluding carboxylic acids is 1. The molecule has 1 aromatic heterocycles. The Hall–Kier alpha value is -2.83. The van der Waals surface area contributed by atoms with Crippen molar-refractivity contribution in [2.45, 2.75) is 44.9 Å². The van der Waals surface area contributed by atoms with Gasteiger partial charge in [-0.1, -0.05) is 0 Å². The van der Waals surface area contributed by atoms with Gasteiger partial charge in [-0.25, -0.2) is 18.4 Å². The lowest BCUT2D eigenvalue weighted by atomic mass is 10.1. The van der Waals surface area contributed by atoms with E-state index in [9.17, 15) is 23.5 Å². The Morgan fingerprint density at radius 2 is 2.03 bits per heavy atom. The maximum absolute atomic E-state index is 14.0. The van der Waals surface area contributed by atoms with E-state index < -0.39 is 30.2 Å². The van der Waals surface area contributed by atoms with Crippen LogP contribution < -0.4 is 15.4 Å². The number of piperazine rings is 1. The molecule has 190 valence electrons. The van der Waals surface area contributed by atoms with Crippen LogP contribution in [0.5, 0.6) is 5.88 Å². The third-order valence-corrected chi connectivity index (χ3v) is 7.33. The van der Waals surface area contributed by atoms with E-state index in [1.807, 2.05) is 0 Å². The first-order valence-corrected chi connectivity index (χ1v) is 12.3. The number of aromatic nitrogens is 1. The van der Waals surface area contributed by atoms with E-state index in [1.54, 1.807) is 0 Å². The number of likely N-dealkylation sites (tertiary alicyclic amines) is 2. The minimum atomic E-state index is -1.36. The van der Waals surface area contributed by atoms with Crippen LogP contribution in [0.25, 0.3) is 0 Å². The summed E-state index contributed by atoms with van der Waals surface area (Å²) in [6.45, 7) is 4.71. The van der Waals surface area contributed by atoms with Gasteiger partial charge in [-0.2, -0.15) is 4.37 Å². The number of halogens is 2. The number of carbonyl (C=O) groups is 2. The van der Waals surface area contributed by atoms with Crippen molar-refractivity contribution < 1.29 is 28.2 Å². The van der Waals surface area contributed by atoms with Crippen molar-refractivity contribution >= 4 is 28.5 Å². The zero-order chi connectivity index (χ0) is 25.1. The molecule has 2 fully saturated rings. The summed E-state index contributed by atoms with van der Waals surface area (Å²) in [4.78, 5) is 28.9. The number of hydrogen-bond acceptors (Lipinski definition) is 7. The van der Waals surface area contributed by atoms with Crippen LogP contribution in [0.3, 0.4) is 0 Å². The molecule has 0 spiro atoms. The number of rotatable bonds is 10. The Labute approximate surface area is 206 Å².